The second kappa shape index (κ2) is 4.46. The summed E-state index contributed by atoms with van der Waals surface area (Å²) >= 11 is 3.56. The van der Waals surface area contributed by atoms with Crippen LogP contribution in [0.5, 0.6) is 0 Å². The number of nitrogen functional groups attached to an aromatic ring is 1. The lowest BCUT2D eigenvalue weighted by Crippen LogP contribution is -2.50. The second-order valence-corrected chi connectivity index (χ2v) is 5.69. The largest absolute Gasteiger partial charge is 0.396 e. The predicted molar refractivity (Wildman–Crippen MR) is 73.2 cm³/mol. The van der Waals surface area contributed by atoms with Gasteiger partial charge in [-0.15, -0.1) is 0 Å². The first kappa shape index (κ1) is 11.3. The minimum Gasteiger partial charge on any atom is -0.396 e. The number of rotatable bonds is 1. The average molecular weight is 297 g/mol. The number of anilines is 2. The molecule has 0 saturated carbocycles. The molecule has 4 nitrogen and oxygen atoms in total. The van der Waals surface area contributed by atoms with Crippen molar-refractivity contribution < 1.29 is 0 Å². The first-order chi connectivity index (χ1) is 8.25. The van der Waals surface area contributed by atoms with Gasteiger partial charge in [0.25, 0.3) is 0 Å². The van der Waals surface area contributed by atoms with E-state index in [4.69, 9.17) is 5.73 Å². The first-order valence-corrected chi connectivity index (χ1v) is 6.93. The van der Waals surface area contributed by atoms with Crippen LogP contribution in [0.1, 0.15) is 12.8 Å². The highest BCUT2D eigenvalue weighted by atomic mass is 79.9. The van der Waals surface area contributed by atoms with Crippen LogP contribution < -0.4 is 10.6 Å². The fourth-order valence-corrected chi connectivity index (χ4v) is 3.57. The van der Waals surface area contributed by atoms with Gasteiger partial charge in [-0.25, -0.2) is 0 Å². The number of halogens is 1. The molecule has 0 aromatic carbocycles. The summed E-state index contributed by atoms with van der Waals surface area (Å²) in [5, 5.41) is 0. The molecule has 2 aliphatic heterocycles. The lowest BCUT2D eigenvalue weighted by Gasteiger charge is -2.39. The standard InChI is InChI=1S/C12H17BrN4/c13-10-6-15-7-11(14)12(10)17-5-4-16-3-1-2-9(16)8-17/h6-7,9H,1-5,8,14H2. The van der Waals surface area contributed by atoms with Gasteiger partial charge in [-0.2, -0.15) is 0 Å². The van der Waals surface area contributed by atoms with Crippen molar-refractivity contribution in [2.24, 2.45) is 0 Å². The lowest BCUT2D eigenvalue weighted by atomic mass is 10.1. The molecule has 3 heterocycles. The summed E-state index contributed by atoms with van der Waals surface area (Å²) in [6.45, 7) is 4.57. The van der Waals surface area contributed by atoms with E-state index in [0.29, 0.717) is 6.04 Å². The van der Waals surface area contributed by atoms with Crippen molar-refractivity contribution in [2.45, 2.75) is 18.9 Å². The smallest absolute Gasteiger partial charge is 0.0777 e. The van der Waals surface area contributed by atoms with Gasteiger partial charge in [0.2, 0.25) is 0 Å². The van der Waals surface area contributed by atoms with Crippen molar-refractivity contribution in [1.82, 2.24) is 9.88 Å². The Labute approximate surface area is 110 Å². The zero-order valence-electron chi connectivity index (χ0n) is 9.77. The van der Waals surface area contributed by atoms with E-state index >= 15 is 0 Å². The van der Waals surface area contributed by atoms with Gasteiger partial charge in [0.1, 0.15) is 0 Å². The summed E-state index contributed by atoms with van der Waals surface area (Å²) in [6.07, 6.45) is 6.22. The van der Waals surface area contributed by atoms with Crippen LogP contribution in [0.25, 0.3) is 0 Å². The molecule has 1 aromatic rings. The molecule has 1 aromatic heterocycles. The SMILES string of the molecule is Nc1cncc(Br)c1N1CCN2CCCC2C1. The zero-order chi connectivity index (χ0) is 11.8. The van der Waals surface area contributed by atoms with Gasteiger partial charge < -0.3 is 10.6 Å². The third-order valence-corrected chi connectivity index (χ3v) is 4.39. The summed E-state index contributed by atoms with van der Waals surface area (Å²) in [7, 11) is 0. The minimum absolute atomic E-state index is 0.711. The Balaban J connectivity index is 1.85. The summed E-state index contributed by atoms with van der Waals surface area (Å²) in [6, 6.07) is 0.711. The molecule has 0 radical (unpaired) electrons. The number of hydrogen-bond donors (Lipinski definition) is 1. The van der Waals surface area contributed by atoms with Crippen LogP contribution in [0.3, 0.4) is 0 Å². The Morgan fingerprint density at radius 1 is 1.29 bits per heavy atom. The number of aromatic nitrogens is 1. The Hall–Kier alpha value is -0.810. The maximum atomic E-state index is 6.04. The van der Waals surface area contributed by atoms with Crippen molar-refractivity contribution >= 4 is 27.3 Å². The molecule has 5 heteroatoms. The fraction of sp³-hybridized carbons (Fsp3) is 0.583. The molecule has 1 atom stereocenters. The summed E-state index contributed by atoms with van der Waals surface area (Å²) in [5.74, 6) is 0. The third-order valence-electron chi connectivity index (χ3n) is 3.80. The summed E-state index contributed by atoms with van der Waals surface area (Å²) in [5.41, 5.74) is 7.93. The van der Waals surface area contributed by atoms with Crippen LogP contribution >= 0.6 is 15.9 Å². The van der Waals surface area contributed by atoms with E-state index in [9.17, 15) is 0 Å². The quantitative estimate of drug-likeness (QED) is 0.857. The van der Waals surface area contributed by atoms with E-state index in [-0.39, 0.29) is 0 Å². The van der Waals surface area contributed by atoms with E-state index in [1.165, 1.54) is 19.4 Å². The molecular formula is C12H17BrN4. The molecule has 2 fully saturated rings. The Morgan fingerprint density at radius 3 is 3.00 bits per heavy atom. The number of fused-ring (bicyclic) bond motifs is 1. The molecule has 3 rings (SSSR count). The molecule has 2 N–H and O–H groups in total. The van der Waals surface area contributed by atoms with Gasteiger partial charge >= 0.3 is 0 Å². The van der Waals surface area contributed by atoms with Crippen molar-refractivity contribution in [2.75, 3.05) is 36.8 Å². The summed E-state index contributed by atoms with van der Waals surface area (Å²) in [4.78, 5) is 9.09. The Kier molecular flexibility index (Phi) is 2.96. The number of piperazine rings is 1. The maximum Gasteiger partial charge on any atom is 0.0777 e. The van der Waals surface area contributed by atoms with E-state index in [1.54, 1.807) is 6.20 Å². The topological polar surface area (TPSA) is 45.4 Å². The van der Waals surface area contributed by atoms with Crippen LogP contribution in [-0.4, -0.2) is 42.1 Å². The lowest BCUT2D eigenvalue weighted by molar-refractivity contribution is 0.231. The zero-order valence-corrected chi connectivity index (χ0v) is 11.4. The molecule has 92 valence electrons. The van der Waals surface area contributed by atoms with Crippen LogP contribution in [0.2, 0.25) is 0 Å². The van der Waals surface area contributed by atoms with Crippen LogP contribution in [0.4, 0.5) is 11.4 Å². The van der Waals surface area contributed by atoms with Crippen LogP contribution in [0.15, 0.2) is 16.9 Å². The van der Waals surface area contributed by atoms with Gasteiger partial charge in [0.15, 0.2) is 0 Å². The predicted octanol–water partition coefficient (Wildman–Crippen LogP) is 1.71. The van der Waals surface area contributed by atoms with E-state index in [0.717, 1.165) is 35.5 Å². The molecule has 0 amide bonds. The molecule has 2 aliphatic rings. The van der Waals surface area contributed by atoms with Crippen LogP contribution in [0, 0.1) is 0 Å². The number of hydrogen-bond acceptors (Lipinski definition) is 4. The highest BCUT2D eigenvalue weighted by Gasteiger charge is 2.31. The average Bonchev–Trinajstić information content (AvgIpc) is 2.76. The third kappa shape index (κ3) is 2.02. The molecule has 2 saturated heterocycles. The molecular weight excluding hydrogens is 280 g/mol. The molecule has 0 spiro atoms. The Bertz CT molecular complexity index is 403. The van der Waals surface area contributed by atoms with Gasteiger partial charge in [0, 0.05) is 31.9 Å². The molecule has 0 aliphatic carbocycles. The van der Waals surface area contributed by atoms with Crippen molar-refractivity contribution in [1.29, 1.82) is 0 Å². The fourth-order valence-electron chi connectivity index (χ4n) is 2.97. The molecule has 0 bridgehead atoms. The minimum atomic E-state index is 0.711. The number of pyridine rings is 1. The van der Waals surface area contributed by atoms with Crippen molar-refractivity contribution in [3.63, 3.8) is 0 Å². The van der Waals surface area contributed by atoms with Gasteiger partial charge in [-0.3, -0.25) is 9.88 Å². The van der Waals surface area contributed by atoms with Gasteiger partial charge in [0.05, 0.1) is 22.0 Å². The van der Waals surface area contributed by atoms with Gasteiger partial charge in [-0.1, -0.05) is 0 Å². The van der Waals surface area contributed by atoms with E-state index in [1.807, 2.05) is 6.20 Å². The van der Waals surface area contributed by atoms with Crippen molar-refractivity contribution in [3.8, 4) is 0 Å². The van der Waals surface area contributed by atoms with Crippen LogP contribution in [-0.2, 0) is 0 Å². The second-order valence-electron chi connectivity index (χ2n) is 4.84. The highest BCUT2D eigenvalue weighted by molar-refractivity contribution is 9.10. The number of nitrogens with two attached hydrogens (primary N) is 1. The highest BCUT2D eigenvalue weighted by Crippen LogP contribution is 2.34. The number of nitrogens with zero attached hydrogens (tertiary/aromatic N) is 3. The Morgan fingerprint density at radius 2 is 2.18 bits per heavy atom. The first-order valence-electron chi connectivity index (χ1n) is 6.13. The van der Waals surface area contributed by atoms with Crippen molar-refractivity contribution in [3.05, 3.63) is 16.9 Å². The molecule has 1 unspecified atom stereocenters. The molecule has 17 heavy (non-hydrogen) atoms. The monoisotopic (exact) mass is 296 g/mol. The summed E-state index contributed by atoms with van der Waals surface area (Å²) < 4.78 is 1.00. The van der Waals surface area contributed by atoms with Gasteiger partial charge in [-0.05, 0) is 35.3 Å². The maximum absolute atomic E-state index is 6.04. The normalized spacial score (nSPS) is 25.0. The van der Waals surface area contributed by atoms with E-state index < -0.39 is 0 Å². The van der Waals surface area contributed by atoms with E-state index in [2.05, 4.69) is 30.7 Å².